The van der Waals surface area contributed by atoms with Gasteiger partial charge in [-0.2, -0.15) is 0 Å². The fourth-order valence-corrected chi connectivity index (χ4v) is 3.01. The number of halogens is 1. The molecule has 4 aromatic heterocycles. The van der Waals surface area contributed by atoms with Crippen molar-refractivity contribution in [3.63, 3.8) is 0 Å². The summed E-state index contributed by atoms with van der Waals surface area (Å²) >= 11 is 8.60. The molecule has 0 saturated carbocycles. The van der Waals surface area contributed by atoms with Gasteiger partial charge in [-0.05, 0) is 62.5 Å². The van der Waals surface area contributed by atoms with Gasteiger partial charge in [0.2, 0.25) is 0 Å². The number of alkyl halides is 1. The molecule has 0 aromatic carbocycles. The average Bonchev–Trinajstić information content (AvgIpc) is 3.37. The summed E-state index contributed by atoms with van der Waals surface area (Å²) in [6, 6.07) is 10.8. The Kier molecular flexibility index (Phi) is 19.4. The Hall–Kier alpha value is -3.65. The number of aliphatic hydroxyl groups excluding tert-OH is 1. The van der Waals surface area contributed by atoms with Crippen molar-refractivity contribution in [1.29, 1.82) is 0 Å². The highest BCUT2D eigenvalue weighted by Crippen LogP contribution is 2.21. The van der Waals surface area contributed by atoms with Crippen molar-refractivity contribution in [2.24, 2.45) is 11.5 Å². The van der Waals surface area contributed by atoms with E-state index in [2.05, 4.69) is 59.6 Å². The van der Waals surface area contributed by atoms with Crippen LogP contribution in [-0.2, 0) is 0 Å². The van der Waals surface area contributed by atoms with Crippen molar-refractivity contribution in [1.82, 2.24) is 19.9 Å². The van der Waals surface area contributed by atoms with Crippen LogP contribution in [0.1, 0.15) is 34.6 Å². The monoisotopic (exact) mass is 619 g/mol. The number of rotatable bonds is 4. The summed E-state index contributed by atoms with van der Waals surface area (Å²) in [4.78, 5) is 37.3. The van der Waals surface area contributed by atoms with Crippen molar-refractivity contribution >= 4 is 61.3 Å². The highest BCUT2D eigenvalue weighted by Gasteiger charge is 2.01. The molecule has 0 amide bonds. The number of nitrogen functional groups attached to an aromatic ring is 1. The lowest BCUT2D eigenvalue weighted by Crippen LogP contribution is -2.18. The van der Waals surface area contributed by atoms with Crippen molar-refractivity contribution in [2.75, 3.05) is 17.7 Å². The molecule has 4 heterocycles. The minimum atomic E-state index is 0.000000000000000222. The van der Waals surface area contributed by atoms with E-state index in [9.17, 15) is 9.59 Å². The number of Topliss-reactive ketones (excluding diaryl/α,β-unsaturated/α-hetero) is 2. The lowest BCUT2D eigenvalue weighted by molar-refractivity contribution is 0.101. The number of hydrogen-bond acceptors (Lipinski definition) is 10. The first kappa shape index (κ1) is 34.4. The highest BCUT2D eigenvalue weighted by atomic mass is 79.9. The fraction of sp³-hybridized carbons (Fsp3) is 0.160. The third-order valence-electron chi connectivity index (χ3n) is 3.65. The van der Waals surface area contributed by atoms with Gasteiger partial charge in [0.05, 0.1) is 11.0 Å². The van der Waals surface area contributed by atoms with Crippen LogP contribution in [0.15, 0.2) is 79.0 Å². The van der Waals surface area contributed by atoms with E-state index in [0.29, 0.717) is 21.6 Å². The minimum Gasteiger partial charge on any atom is -0.397 e. The molecule has 0 unspecified atom stereocenters. The van der Waals surface area contributed by atoms with E-state index in [1.165, 1.54) is 18.3 Å². The maximum atomic E-state index is 10.9. The highest BCUT2D eigenvalue weighted by molar-refractivity contribution is 9.09. The van der Waals surface area contributed by atoms with Crippen LogP contribution in [-0.4, -0.2) is 53.7 Å². The van der Waals surface area contributed by atoms with Gasteiger partial charge in [-0.15, -0.1) is 11.3 Å². The maximum absolute atomic E-state index is 10.9. The van der Waals surface area contributed by atoms with E-state index < -0.39 is 0 Å². The van der Waals surface area contributed by atoms with Gasteiger partial charge in [-0.1, -0.05) is 15.9 Å². The second-order valence-corrected chi connectivity index (χ2v) is 8.55. The lowest BCUT2D eigenvalue weighted by atomic mass is 10.2. The number of carbonyl (C=O) groups is 2. The van der Waals surface area contributed by atoms with Crippen molar-refractivity contribution in [2.45, 2.75) is 13.8 Å². The fourth-order valence-electron chi connectivity index (χ4n) is 2.11. The van der Waals surface area contributed by atoms with Crippen molar-refractivity contribution in [3.8, 4) is 11.3 Å². The number of nitrogens with zero attached hydrogens (tertiary/aromatic N) is 4. The normalized spacial score (nSPS) is 8.84. The van der Waals surface area contributed by atoms with Gasteiger partial charge in [0.15, 0.2) is 21.8 Å². The Labute approximate surface area is 239 Å². The van der Waals surface area contributed by atoms with Gasteiger partial charge in [-0.25, -0.2) is 4.98 Å². The maximum Gasteiger partial charge on any atom is 0.180 e. The van der Waals surface area contributed by atoms with Crippen LogP contribution in [0.5, 0.6) is 0 Å². The van der Waals surface area contributed by atoms with Crippen LogP contribution in [0.4, 0.5) is 5.13 Å². The predicted octanol–water partition coefficient (Wildman–Crippen LogP) is 3.92. The molecule has 38 heavy (non-hydrogen) atoms. The van der Waals surface area contributed by atoms with Crippen molar-refractivity contribution < 1.29 is 14.7 Å². The number of nitrogens with two attached hydrogens (primary N) is 3. The van der Waals surface area contributed by atoms with Crippen LogP contribution in [0.25, 0.3) is 11.3 Å². The molecule has 202 valence electrons. The van der Waals surface area contributed by atoms with E-state index in [0.717, 1.165) is 11.3 Å². The average molecular weight is 621 g/mol. The predicted molar refractivity (Wildman–Crippen MR) is 160 cm³/mol. The van der Waals surface area contributed by atoms with Gasteiger partial charge >= 0.3 is 0 Å². The number of thiocarbonyl (C=S) groups is 1. The van der Waals surface area contributed by atoms with Gasteiger partial charge in [0.1, 0.15) is 0 Å². The second-order valence-electron chi connectivity index (χ2n) is 6.63. The molecule has 13 heteroatoms. The van der Waals surface area contributed by atoms with Crippen LogP contribution in [0.2, 0.25) is 0 Å². The van der Waals surface area contributed by atoms with E-state index in [1.807, 2.05) is 17.5 Å². The number of hydrogen-bond donors (Lipinski definition) is 4. The van der Waals surface area contributed by atoms with E-state index in [4.69, 9.17) is 10.8 Å². The number of carbonyl (C=O) groups excluding carboxylic acids is 2. The molecule has 0 bridgehead atoms. The first-order chi connectivity index (χ1) is 18.2. The molecule has 4 rings (SSSR count). The van der Waals surface area contributed by atoms with Crippen LogP contribution in [0.3, 0.4) is 0 Å². The molecule has 0 spiro atoms. The number of aromatic nitrogens is 4. The number of anilines is 1. The Morgan fingerprint density at radius 2 is 1.45 bits per heavy atom. The molecule has 0 aliphatic rings. The summed E-state index contributed by atoms with van der Waals surface area (Å²) in [6.07, 6.45) is 9.91. The molecular weight excluding hydrogens is 590 g/mol. The largest absolute Gasteiger partial charge is 0.397 e. The van der Waals surface area contributed by atoms with E-state index in [1.54, 1.807) is 68.4 Å². The number of ketones is 2. The Bertz CT molecular complexity index is 1200. The standard InChI is InChI=1S/C8H7N3S.C7H6BrNO.C7H7NO.C2H6O.CH4N2S/c9-8-11-7(5-12-8)6-2-1-3-10-4-6;8-4-7(10)6-2-1-3-9-5-6;1-6(9)7-3-2-4-8-5-7;1-2-3;2-1(3)4/h1-5H,(H2,9,11);1-3,5H,4H2;2-5H,1H3;3H,2H2,1H3;(H4,2,3,4). The van der Waals surface area contributed by atoms with Gasteiger partial charge in [0, 0.05) is 65.9 Å². The summed E-state index contributed by atoms with van der Waals surface area (Å²) in [5, 5.41) is 10.4. The Morgan fingerprint density at radius 3 is 1.76 bits per heavy atom. The van der Waals surface area contributed by atoms with Gasteiger partial charge < -0.3 is 22.3 Å². The lowest BCUT2D eigenvalue weighted by Gasteiger charge is -1.92. The number of thiazole rings is 1. The molecule has 0 aliphatic carbocycles. The first-order valence-electron chi connectivity index (χ1n) is 10.8. The van der Waals surface area contributed by atoms with Crippen LogP contribution < -0.4 is 17.2 Å². The zero-order valence-electron chi connectivity index (χ0n) is 20.9. The van der Waals surface area contributed by atoms with E-state index in [-0.39, 0.29) is 23.3 Å². The van der Waals surface area contributed by atoms with Crippen LogP contribution in [0, 0.1) is 0 Å². The topological polar surface area (TPSA) is 184 Å². The Morgan fingerprint density at radius 1 is 0.974 bits per heavy atom. The van der Waals surface area contributed by atoms with Gasteiger partial charge in [-0.3, -0.25) is 24.5 Å². The third kappa shape index (κ3) is 16.9. The molecule has 0 saturated heterocycles. The third-order valence-corrected chi connectivity index (χ3v) is 4.84. The molecule has 10 nitrogen and oxygen atoms in total. The first-order valence-corrected chi connectivity index (χ1v) is 13.2. The second kappa shape index (κ2) is 21.4. The zero-order valence-corrected chi connectivity index (χ0v) is 24.1. The summed E-state index contributed by atoms with van der Waals surface area (Å²) in [6.45, 7) is 3.46. The molecule has 0 fully saturated rings. The molecular formula is C25H30BrN7O3S2. The zero-order chi connectivity index (χ0) is 28.8. The molecule has 4 aromatic rings. The van der Waals surface area contributed by atoms with E-state index >= 15 is 0 Å². The Balaban J connectivity index is 0.000000486. The summed E-state index contributed by atoms with van der Waals surface area (Å²) in [7, 11) is 0. The molecule has 0 aliphatic heterocycles. The summed E-state index contributed by atoms with van der Waals surface area (Å²) in [5.74, 6) is 0.121. The minimum absolute atomic E-state index is 0.000000000000000222. The quantitative estimate of drug-likeness (QED) is 0.147. The van der Waals surface area contributed by atoms with Crippen molar-refractivity contribution in [3.05, 3.63) is 90.1 Å². The van der Waals surface area contributed by atoms with Gasteiger partial charge in [0.25, 0.3) is 0 Å². The SMILES string of the molecule is CC(=O)c1cccnc1.CCO.NC(N)=S.Nc1nc(-c2cccnc2)cs1.O=C(CBr)c1cccnc1. The molecule has 7 N–H and O–H groups in total. The summed E-state index contributed by atoms with van der Waals surface area (Å²) < 4.78 is 0. The smallest absolute Gasteiger partial charge is 0.180 e. The molecule has 0 radical (unpaired) electrons. The number of aliphatic hydroxyl groups is 1. The molecule has 0 atom stereocenters. The van der Waals surface area contributed by atoms with Crippen LogP contribution >= 0.6 is 39.5 Å². The number of pyridine rings is 3. The summed E-state index contributed by atoms with van der Waals surface area (Å²) in [5.41, 5.74) is 18.0.